The van der Waals surface area contributed by atoms with Gasteiger partial charge in [0, 0.05) is 18.0 Å². The Morgan fingerprint density at radius 2 is 1.76 bits per heavy atom. The van der Waals surface area contributed by atoms with Crippen LogP contribution >= 0.6 is 0 Å². The number of ether oxygens (including phenoxy) is 1. The average molecular weight is 416 g/mol. The topological polar surface area (TPSA) is 88.1 Å². The van der Waals surface area contributed by atoms with Crippen LogP contribution in [0.15, 0.2) is 53.6 Å². The number of rotatable bonds is 6. The van der Waals surface area contributed by atoms with Crippen molar-refractivity contribution in [1.82, 2.24) is 5.01 Å². The number of hydrogen-bond donors (Lipinski definition) is 1. The minimum Gasteiger partial charge on any atom is -0.497 e. The molecule has 1 aliphatic rings. The highest BCUT2D eigenvalue weighted by molar-refractivity contribution is 7.92. The zero-order valence-corrected chi connectivity index (χ0v) is 17.7. The third kappa shape index (κ3) is 4.95. The van der Waals surface area contributed by atoms with Crippen molar-refractivity contribution in [1.29, 1.82) is 0 Å². The Morgan fingerprint density at radius 1 is 1.14 bits per heavy atom. The number of nitrogens with zero attached hydrogens (tertiary/aromatic N) is 2. The third-order valence-electron chi connectivity index (χ3n) is 4.65. The van der Waals surface area contributed by atoms with Gasteiger partial charge in [0.05, 0.1) is 25.1 Å². The first-order valence-corrected chi connectivity index (χ1v) is 11.2. The Balaban J connectivity index is 1.89. The van der Waals surface area contributed by atoms with E-state index in [9.17, 15) is 13.2 Å². The molecule has 0 aromatic heterocycles. The van der Waals surface area contributed by atoms with Crippen LogP contribution in [-0.4, -0.2) is 38.4 Å². The van der Waals surface area contributed by atoms with Gasteiger partial charge in [-0.1, -0.05) is 38.1 Å². The monoisotopic (exact) mass is 415 g/mol. The molecule has 2 aromatic rings. The number of anilines is 1. The third-order valence-corrected chi connectivity index (χ3v) is 5.26. The molecule has 1 atom stereocenters. The Labute approximate surface area is 171 Å². The van der Waals surface area contributed by atoms with E-state index in [2.05, 4.69) is 9.82 Å². The molecular formula is C21H25N3O4S. The standard InChI is InChI=1S/C21H25N3O4S/c1-14(2)21(25)24-20(16-7-11-18(28-3)12-8-16)13-19(22-24)15-5-9-17(10-6-15)23-29(4,26)27/h5-12,14,20,23H,13H2,1-4H3/t20-/m0/s1. The smallest absolute Gasteiger partial charge is 0.245 e. The molecule has 0 fully saturated rings. The summed E-state index contributed by atoms with van der Waals surface area (Å²) >= 11 is 0. The highest BCUT2D eigenvalue weighted by Crippen LogP contribution is 2.34. The van der Waals surface area contributed by atoms with Gasteiger partial charge in [0.2, 0.25) is 15.9 Å². The molecule has 29 heavy (non-hydrogen) atoms. The molecule has 0 spiro atoms. The fraction of sp³-hybridized carbons (Fsp3) is 0.333. The first-order chi connectivity index (χ1) is 13.7. The SMILES string of the molecule is COc1ccc([C@@H]2CC(c3ccc(NS(C)(=O)=O)cc3)=NN2C(=O)C(C)C)cc1. The zero-order chi connectivity index (χ0) is 21.2. The Kier molecular flexibility index (Phi) is 5.93. The van der Waals surface area contributed by atoms with Crippen LogP contribution in [-0.2, 0) is 14.8 Å². The number of carbonyl (C=O) groups excluding carboxylic acids is 1. The molecule has 1 heterocycles. The van der Waals surface area contributed by atoms with Crippen LogP contribution in [0.4, 0.5) is 5.69 Å². The number of hydrazone groups is 1. The van der Waals surface area contributed by atoms with Crippen LogP contribution in [0.25, 0.3) is 0 Å². The molecule has 0 unspecified atom stereocenters. The van der Waals surface area contributed by atoms with Crippen molar-refractivity contribution >= 4 is 27.3 Å². The number of sulfonamides is 1. The molecule has 0 saturated carbocycles. The first kappa shape index (κ1) is 20.9. The van der Waals surface area contributed by atoms with Crippen LogP contribution in [0.3, 0.4) is 0 Å². The second kappa shape index (κ2) is 8.24. The van der Waals surface area contributed by atoms with Crippen LogP contribution < -0.4 is 9.46 Å². The van der Waals surface area contributed by atoms with Crippen molar-refractivity contribution in [3.8, 4) is 5.75 Å². The van der Waals surface area contributed by atoms with Gasteiger partial charge < -0.3 is 4.74 Å². The van der Waals surface area contributed by atoms with Crippen LogP contribution in [0, 0.1) is 5.92 Å². The maximum Gasteiger partial charge on any atom is 0.245 e. The highest BCUT2D eigenvalue weighted by atomic mass is 32.2. The molecule has 0 bridgehead atoms. The summed E-state index contributed by atoms with van der Waals surface area (Å²) in [6, 6.07) is 14.4. The fourth-order valence-corrected chi connectivity index (χ4v) is 3.75. The molecule has 1 amide bonds. The van der Waals surface area contributed by atoms with E-state index in [1.165, 1.54) is 0 Å². The van der Waals surface area contributed by atoms with E-state index in [1.807, 2.05) is 38.1 Å². The predicted octanol–water partition coefficient (Wildman–Crippen LogP) is 3.40. The molecule has 7 nitrogen and oxygen atoms in total. The van der Waals surface area contributed by atoms with Crippen LogP contribution in [0.2, 0.25) is 0 Å². The van der Waals surface area contributed by atoms with Gasteiger partial charge in [0.25, 0.3) is 0 Å². The summed E-state index contributed by atoms with van der Waals surface area (Å²) in [5.41, 5.74) is 3.10. The lowest BCUT2D eigenvalue weighted by Gasteiger charge is -2.23. The number of amides is 1. The molecule has 0 aliphatic carbocycles. The van der Waals surface area contributed by atoms with Gasteiger partial charge in [-0.2, -0.15) is 5.10 Å². The molecule has 8 heteroatoms. The summed E-state index contributed by atoms with van der Waals surface area (Å²) in [7, 11) is -1.72. The lowest BCUT2D eigenvalue weighted by atomic mass is 9.97. The Morgan fingerprint density at radius 3 is 2.28 bits per heavy atom. The molecule has 3 rings (SSSR count). The minimum absolute atomic E-state index is 0.0452. The molecule has 0 saturated heterocycles. The number of hydrogen-bond acceptors (Lipinski definition) is 5. The largest absolute Gasteiger partial charge is 0.497 e. The Bertz CT molecular complexity index is 1010. The lowest BCUT2D eigenvalue weighted by molar-refractivity contribution is -0.136. The average Bonchev–Trinajstić information content (AvgIpc) is 3.12. The van der Waals surface area contributed by atoms with E-state index in [1.54, 1.807) is 36.4 Å². The van der Waals surface area contributed by atoms with E-state index < -0.39 is 10.0 Å². The van der Waals surface area contributed by atoms with Crippen molar-refractivity contribution < 1.29 is 17.9 Å². The summed E-state index contributed by atoms with van der Waals surface area (Å²) in [4.78, 5) is 12.8. The van der Waals surface area contributed by atoms with Gasteiger partial charge >= 0.3 is 0 Å². The summed E-state index contributed by atoms with van der Waals surface area (Å²) < 4.78 is 30.4. The van der Waals surface area contributed by atoms with Crippen molar-refractivity contribution in [3.05, 3.63) is 59.7 Å². The van der Waals surface area contributed by atoms with Gasteiger partial charge in [-0.25, -0.2) is 13.4 Å². The van der Waals surface area contributed by atoms with Crippen LogP contribution in [0.5, 0.6) is 5.75 Å². The summed E-state index contributed by atoms with van der Waals surface area (Å²) in [6.45, 7) is 3.71. The number of benzene rings is 2. The quantitative estimate of drug-likeness (QED) is 0.783. The summed E-state index contributed by atoms with van der Waals surface area (Å²) in [6.07, 6.45) is 1.68. The second-order valence-electron chi connectivity index (χ2n) is 7.33. The van der Waals surface area contributed by atoms with Crippen molar-refractivity contribution in [3.63, 3.8) is 0 Å². The summed E-state index contributed by atoms with van der Waals surface area (Å²) in [5, 5.41) is 6.17. The van der Waals surface area contributed by atoms with Gasteiger partial charge in [0.1, 0.15) is 5.75 Å². The van der Waals surface area contributed by atoms with E-state index in [0.717, 1.165) is 28.8 Å². The van der Waals surface area contributed by atoms with Gasteiger partial charge in [-0.15, -0.1) is 0 Å². The van der Waals surface area contributed by atoms with Gasteiger partial charge in [0.15, 0.2) is 0 Å². The zero-order valence-electron chi connectivity index (χ0n) is 16.9. The molecule has 1 N–H and O–H groups in total. The normalized spacial score (nSPS) is 16.7. The van der Waals surface area contributed by atoms with E-state index in [4.69, 9.17) is 4.74 Å². The lowest BCUT2D eigenvalue weighted by Crippen LogP contribution is -2.30. The molecule has 2 aromatic carbocycles. The number of nitrogens with one attached hydrogen (secondary N) is 1. The molecule has 1 aliphatic heterocycles. The first-order valence-electron chi connectivity index (χ1n) is 9.30. The maximum absolute atomic E-state index is 12.8. The molecular weight excluding hydrogens is 390 g/mol. The van der Waals surface area contributed by atoms with Gasteiger partial charge in [-0.05, 0) is 35.4 Å². The van der Waals surface area contributed by atoms with E-state index >= 15 is 0 Å². The molecule has 0 radical (unpaired) electrons. The maximum atomic E-state index is 12.8. The number of methoxy groups -OCH3 is 1. The number of carbonyl (C=O) groups is 1. The van der Waals surface area contributed by atoms with Crippen molar-refractivity contribution in [2.45, 2.75) is 26.3 Å². The molecule has 154 valence electrons. The highest BCUT2D eigenvalue weighted by Gasteiger charge is 2.34. The minimum atomic E-state index is -3.33. The van der Waals surface area contributed by atoms with Gasteiger partial charge in [-0.3, -0.25) is 9.52 Å². The fourth-order valence-electron chi connectivity index (χ4n) is 3.18. The second-order valence-corrected chi connectivity index (χ2v) is 9.08. The van der Waals surface area contributed by atoms with Crippen molar-refractivity contribution in [2.24, 2.45) is 11.0 Å². The predicted molar refractivity (Wildman–Crippen MR) is 113 cm³/mol. The van der Waals surface area contributed by atoms with E-state index in [-0.39, 0.29) is 17.9 Å². The summed E-state index contributed by atoms with van der Waals surface area (Å²) in [5.74, 6) is 0.528. The van der Waals surface area contributed by atoms with Crippen LogP contribution in [0.1, 0.15) is 37.4 Å². The van der Waals surface area contributed by atoms with E-state index in [0.29, 0.717) is 12.1 Å². The van der Waals surface area contributed by atoms with Crippen molar-refractivity contribution in [2.75, 3.05) is 18.1 Å². The Hall–Kier alpha value is -2.87.